The molecule has 8 aromatic carbocycles. The van der Waals surface area contributed by atoms with E-state index in [0.29, 0.717) is 0 Å². The molecule has 4 heteroatoms. The molecule has 0 saturated carbocycles. The molecule has 2 aromatic heterocycles. The van der Waals surface area contributed by atoms with Crippen LogP contribution in [0.4, 0.5) is 0 Å². The lowest BCUT2D eigenvalue weighted by molar-refractivity contribution is -0.119. The summed E-state index contributed by atoms with van der Waals surface area (Å²) in [6.45, 7) is 0. The van der Waals surface area contributed by atoms with E-state index >= 15 is 0 Å². The first kappa shape index (κ1) is 29.5. The van der Waals surface area contributed by atoms with E-state index in [0.717, 1.165) is 67.2 Å². The highest BCUT2D eigenvalue weighted by atomic mass is 16.7. The molecule has 4 heterocycles. The standard InChI is InChI=1S/C50H32N2O2/c1-3-15-33(16-4-1)49-41-29-27-35(51-43-23-11-7-19-37(43)38-20-8-12-24-44(38)51)31-47(41)53-50(49,34-17-5-2-6-18-34)54-48-32-36(28-30-42(48)49)52-45-25-13-9-21-39(45)40-22-10-14-26-46(40)52/h1-32H. The van der Waals surface area contributed by atoms with E-state index < -0.39 is 11.2 Å². The van der Waals surface area contributed by atoms with Crippen molar-refractivity contribution in [3.05, 3.63) is 216 Å². The number of benzene rings is 8. The third-order valence-electron chi connectivity index (χ3n) is 11.8. The molecule has 0 radical (unpaired) electrons. The minimum Gasteiger partial charge on any atom is -0.446 e. The largest absolute Gasteiger partial charge is 0.446 e. The van der Waals surface area contributed by atoms with E-state index in [1.807, 2.05) is 0 Å². The lowest BCUT2D eigenvalue weighted by Crippen LogP contribution is -2.50. The van der Waals surface area contributed by atoms with Gasteiger partial charge in [-0.05, 0) is 42.0 Å². The monoisotopic (exact) mass is 692 g/mol. The van der Waals surface area contributed by atoms with Gasteiger partial charge in [-0.15, -0.1) is 0 Å². The molecule has 0 N–H and O–H groups in total. The SMILES string of the molecule is c1ccc(C23Oc4cc(-n5c6ccccc6c6ccccc65)ccc4C2(c2ccccc2)c2ccc(-n4c5ccccc5c5ccccc54)cc2O3)cc1. The molecule has 0 fully saturated rings. The molecule has 4 nitrogen and oxygen atoms in total. The van der Waals surface area contributed by atoms with E-state index in [1.54, 1.807) is 0 Å². The summed E-state index contributed by atoms with van der Waals surface area (Å²) in [6.07, 6.45) is 0. The van der Waals surface area contributed by atoms with Gasteiger partial charge in [0.15, 0.2) is 0 Å². The molecule has 254 valence electrons. The second-order valence-electron chi connectivity index (χ2n) is 14.4. The second kappa shape index (κ2) is 10.8. The number of rotatable bonds is 4. The van der Waals surface area contributed by atoms with Crippen LogP contribution < -0.4 is 9.47 Å². The van der Waals surface area contributed by atoms with Gasteiger partial charge in [0.25, 0.3) is 5.79 Å². The van der Waals surface area contributed by atoms with E-state index in [1.165, 1.54) is 21.5 Å². The van der Waals surface area contributed by atoms with E-state index in [2.05, 4.69) is 203 Å². The number of aromatic nitrogens is 2. The third kappa shape index (κ3) is 3.67. The first-order valence-corrected chi connectivity index (χ1v) is 18.5. The highest BCUT2D eigenvalue weighted by Crippen LogP contribution is 2.67. The van der Waals surface area contributed by atoms with Crippen molar-refractivity contribution < 1.29 is 9.47 Å². The van der Waals surface area contributed by atoms with Crippen molar-refractivity contribution in [2.75, 3.05) is 0 Å². The van der Waals surface area contributed by atoms with Gasteiger partial charge in [-0.3, -0.25) is 0 Å². The maximum Gasteiger partial charge on any atom is 0.296 e. The maximum atomic E-state index is 7.44. The van der Waals surface area contributed by atoms with Crippen LogP contribution in [0.15, 0.2) is 194 Å². The van der Waals surface area contributed by atoms with Crippen molar-refractivity contribution >= 4 is 43.6 Å². The smallest absolute Gasteiger partial charge is 0.296 e. The number of para-hydroxylation sites is 4. The first-order chi connectivity index (χ1) is 26.8. The molecule has 0 spiro atoms. The summed E-state index contributed by atoms with van der Waals surface area (Å²) in [5.74, 6) is 0.400. The van der Waals surface area contributed by atoms with Gasteiger partial charge in [0.1, 0.15) is 16.9 Å². The van der Waals surface area contributed by atoms with Crippen molar-refractivity contribution in [2.45, 2.75) is 11.2 Å². The molecular weight excluding hydrogens is 661 g/mol. The van der Waals surface area contributed by atoms with Crippen molar-refractivity contribution in [2.24, 2.45) is 0 Å². The van der Waals surface area contributed by atoms with Crippen molar-refractivity contribution in [1.29, 1.82) is 0 Å². The number of ether oxygens (including phenoxy) is 2. The van der Waals surface area contributed by atoms with Gasteiger partial charge >= 0.3 is 0 Å². The van der Waals surface area contributed by atoms with Gasteiger partial charge in [0, 0.05) is 61.7 Å². The summed E-state index contributed by atoms with van der Waals surface area (Å²) in [5, 5.41) is 4.90. The van der Waals surface area contributed by atoms with Crippen LogP contribution in [0.5, 0.6) is 11.5 Å². The fourth-order valence-corrected chi connectivity index (χ4v) is 9.65. The lowest BCUT2D eigenvalue weighted by atomic mass is 9.64. The van der Waals surface area contributed by atoms with Crippen LogP contribution in [0.2, 0.25) is 0 Å². The Morgan fingerprint density at radius 2 is 0.685 bits per heavy atom. The van der Waals surface area contributed by atoms with Gasteiger partial charge in [0.2, 0.25) is 0 Å². The Labute approximate surface area is 311 Å². The van der Waals surface area contributed by atoms with Crippen molar-refractivity contribution in [1.82, 2.24) is 9.13 Å². The Morgan fingerprint density at radius 3 is 1.09 bits per heavy atom. The number of fused-ring (bicyclic) bond motifs is 11. The highest BCUT2D eigenvalue weighted by molar-refractivity contribution is 6.10. The fourth-order valence-electron chi connectivity index (χ4n) is 9.65. The minimum atomic E-state index is -1.21. The topological polar surface area (TPSA) is 28.3 Å². The van der Waals surface area contributed by atoms with Gasteiger partial charge in [0.05, 0.1) is 22.1 Å². The number of hydrogen-bond acceptors (Lipinski definition) is 2. The summed E-state index contributed by atoms with van der Waals surface area (Å²) in [7, 11) is 0. The van der Waals surface area contributed by atoms with Crippen LogP contribution in [-0.2, 0) is 11.2 Å². The minimum absolute atomic E-state index is 0.805. The van der Waals surface area contributed by atoms with Gasteiger partial charge < -0.3 is 18.6 Å². The zero-order chi connectivity index (χ0) is 35.4. The predicted octanol–water partition coefficient (Wildman–Crippen LogP) is 11.9. The highest BCUT2D eigenvalue weighted by Gasteiger charge is 2.70. The lowest BCUT2D eigenvalue weighted by Gasteiger charge is -2.38. The van der Waals surface area contributed by atoms with Gasteiger partial charge in [-0.1, -0.05) is 146 Å². The molecule has 54 heavy (non-hydrogen) atoms. The average molecular weight is 693 g/mol. The Morgan fingerprint density at radius 1 is 0.333 bits per heavy atom. The predicted molar refractivity (Wildman–Crippen MR) is 217 cm³/mol. The summed E-state index contributed by atoms with van der Waals surface area (Å²) in [4.78, 5) is 0. The normalized spacial score (nSPS) is 18.4. The Kier molecular flexibility index (Phi) is 5.88. The summed E-state index contributed by atoms with van der Waals surface area (Å²) in [5.41, 5.74) is 10.1. The Bertz CT molecular complexity index is 2850. The number of nitrogens with zero attached hydrogens (tertiary/aromatic N) is 2. The maximum absolute atomic E-state index is 7.44. The fraction of sp³-hybridized carbons (Fsp3) is 0.0400. The molecule has 0 unspecified atom stereocenters. The molecule has 2 aliphatic rings. The molecular formula is C50H32N2O2. The molecule has 0 bridgehead atoms. The van der Waals surface area contributed by atoms with Crippen LogP contribution in [0, 0.1) is 0 Å². The zero-order valence-electron chi connectivity index (χ0n) is 29.2. The van der Waals surface area contributed by atoms with Crippen LogP contribution in [0.3, 0.4) is 0 Å². The Hall–Kier alpha value is -7.04. The average Bonchev–Trinajstić information content (AvgIpc) is 3.93. The van der Waals surface area contributed by atoms with E-state index in [9.17, 15) is 0 Å². The summed E-state index contributed by atoms with van der Waals surface area (Å²) >= 11 is 0. The molecule has 0 saturated heterocycles. The quantitative estimate of drug-likeness (QED) is 0.184. The molecule has 0 amide bonds. The zero-order valence-corrected chi connectivity index (χ0v) is 29.2. The van der Waals surface area contributed by atoms with Crippen molar-refractivity contribution in [3.8, 4) is 22.9 Å². The summed E-state index contributed by atoms with van der Waals surface area (Å²) < 4.78 is 19.6. The van der Waals surface area contributed by atoms with E-state index in [4.69, 9.17) is 9.47 Å². The van der Waals surface area contributed by atoms with Gasteiger partial charge in [-0.25, -0.2) is 0 Å². The molecule has 12 rings (SSSR count). The van der Waals surface area contributed by atoms with Crippen LogP contribution in [0.25, 0.3) is 55.0 Å². The Balaban J connectivity index is 1.13. The first-order valence-electron chi connectivity index (χ1n) is 18.5. The van der Waals surface area contributed by atoms with E-state index in [-0.39, 0.29) is 0 Å². The van der Waals surface area contributed by atoms with Crippen LogP contribution in [-0.4, -0.2) is 9.13 Å². The summed E-state index contributed by atoms with van der Waals surface area (Å²) in [6, 6.07) is 69.2. The molecule has 0 atom stereocenters. The van der Waals surface area contributed by atoms with Crippen molar-refractivity contribution in [3.63, 3.8) is 0 Å². The molecule has 10 aromatic rings. The molecule has 2 aliphatic heterocycles. The molecule has 0 aliphatic carbocycles. The second-order valence-corrected chi connectivity index (χ2v) is 14.4. The van der Waals surface area contributed by atoms with Crippen LogP contribution >= 0.6 is 0 Å². The third-order valence-corrected chi connectivity index (χ3v) is 11.8. The number of hydrogen-bond donors (Lipinski definition) is 0. The van der Waals surface area contributed by atoms with Crippen LogP contribution in [0.1, 0.15) is 22.3 Å². The van der Waals surface area contributed by atoms with Gasteiger partial charge in [-0.2, -0.15) is 0 Å².